The van der Waals surface area contributed by atoms with E-state index in [-0.39, 0.29) is 23.2 Å². The first-order chi connectivity index (χ1) is 26.7. The second-order valence-corrected chi connectivity index (χ2v) is 19.6. The summed E-state index contributed by atoms with van der Waals surface area (Å²) in [5.74, 6) is 3.65. The Balaban J connectivity index is 1.23. The van der Waals surface area contributed by atoms with Crippen LogP contribution in [-0.4, -0.2) is 15.8 Å². The summed E-state index contributed by atoms with van der Waals surface area (Å²) in [7, 11) is 0. The molecule has 2 aliphatic heterocycles. The maximum absolute atomic E-state index is 7.43. The number of aromatic nitrogens is 2. The highest BCUT2D eigenvalue weighted by Gasteiger charge is 2.43. The van der Waals surface area contributed by atoms with E-state index in [0.717, 1.165) is 46.9 Å². The standard InChI is InChI=1S/C51H49BN2O2/c1-49(2,3)31-21-25-41-37(28-31)52-36-23-24-40-45(35-22-20-29-14-12-17-33(29)47(35)54(40)51(7,8)9)48(36)56-43-27-30(26-42(55-41)46(43)52)32-16-13-19-39-44(32)34-15-10-11-18-38(34)53(39)50(4,5)6/h10-11,13,15-16,18-28H,12,14,17H2,1-9H3. The van der Waals surface area contributed by atoms with Crippen molar-refractivity contribution in [3.8, 4) is 34.1 Å². The average molecular weight is 733 g/mol. The lowest BCUT2D eigenvalue weighted by atomic mass is 9.34. The van der Waals surface area contributed by atoms with Gasteiger partial charge in [0.15, 0.2) is 0 Å². The first-order valence-electron chi connectivity index (χ1n) is 20.5. The van der Waals surface area contributed by atoms with E-state index in [9.17, 15) is 0 Å². The van der Waals surface area contributed by atoms with Gasteiger partial charge in [-0.2, -0.15) is 0 Å². The van der Waals surface area contributed by atoms with Gasteiger partial charge in [-0.15, -0.1) is 0 Å². The molecular weight excluding hydrogens is 683 g/mol. The molecule has 0 radical (unpaired) electrons. The predicted molar refractivity (Wildman–Crippen MR) is 236 cm³/mol. The molecule has 2 aromatic heterocycles. The number of benzene rings is 6. The van der Waals surface area contributed by atoms with Crippen LogP contribution in [0.4, 0.5) is 0 Å². The molecule has 6 aromatic carbocycles. The summed E-state index contributed by atoms with van der Waals surface area (Å²) in [6.07, 6.45) is 3.49. The van der Waals surface area contributed by atoms with E-state index in [1.54, 1.807) is 0 Å². The molecule has 0 spiro atoms. The van der Waals surface area contributed by atoms with Gasteiger partial charge in [-0.1, -0.05) is 81.4 Å². The van der Waals surface area contributed by atoms with Crippen LogP contribution in [0.25, 0.3) is 54.7 Å². The van der Waals surface area contributed by atoms with Crippen molar-refractivity contribution in [2.24, 2.45) is 0 Å². The topological polar surface area (TPSA) is 28.3 Å². The van der Waals surface area contributed by atoms with Gasteiger partial charge < -0.3 is 18.6 Å². The fourth-order valence-electron chi connectivity index (χ4n) is 10.5. The zero-order valence-corrected chi connectivity index (χ0v) is 34.1. The van der Waals surface area contributed by atoms with Crippen molar-refractivity contribution in [1.29, 1.82) is 0 Å². The van der Waals surface area contributed by atoms with Crippen molar-refractivity contribution in [2.75, 3.05) is 0 Å². The van der Waals surface area contributed by atoms with E-state index in [0.29, 0.717) is 0 Å². The molecular formula is C51H49BN2O2. The van der Waals surface area contributed by atoms with Gasteiger partial charge in [-0.05, 0) is 141 Å². The normalized spacial score (nSPS) is 14.9. The average Bonchev–Trinajstić information content (AvgIpc) is 3.86. The maximum atomic E-state index is 7.43. The molecule has 1 aliphatic carbocycles. The number of nitrogens with zero attached hydrogens (tertiary/aromatic N) is 2. The third kappa shape index (κ3) is 4.60. The fraction of sp³-hybridized carbons (Fsp3) is 0.294. The summed E-state index contributed by atoms with van der Waals surface area (Å²) >= 11 is 0. The third-order valence-corrected chi connectivity index (χ3v) is 12.8. The molecule has 0 amide bonds. The van der Waals surface area contributed by atoms with Gasteiger partial charge in [0.25, 0.3) is 6.71 Å². The smallest absolute Gasteiger partial charge is 0.260 e. The summed E-state index contributed by atoms with van der Waals surface area (Å²) in [5.41, 5.74) is 15.0. The second kappa shape index (κ2) is 11.1. The molecule has 0 unspecified atom stereocenters. The molecule has 278 valence electrons. The second-order valence-electron chi connectivity index (χ2n) is 19.6. The number of ether oxygens (including phenoxy) is 2. The maximum Gasteiger partial charge on any atom is 0.260 e. The zero-order chi connectivity index (χ0) is 38.6. The fourth-order valence-corrected chi connectivity index (χ4v) is 10.5. The Morgan fingerprint density at radius 2 is 1.30 bits per heavy atom. The molecule has 56 heavy (non-hydrogen) atoms. The largest absolute Gasteiger partial charge is 0.458 e. The summed E-state index contributed by atoms with van der Waals surface area (Å²) in [5, 5.41) is 5.03. The number of para-hydroxylation sites is 1. The highest BCUT2D eigenvalue weighted by Crippen LogP contribution is 2.48. The van der Waals surface area contributed by atoms with Crippen LogP contribution < -0.4 is 25.9 Å². The van der Waals surface area contributed by atoms with Gasteiger partial charge in [0.05, 0.1) is 16.6 Å². The Morgan fingerprint density at radius 3 is 2.07 bits per heavy atom. The van der Waals surface area contributed by atoms with E-state index in [2.05, 4.69) is 169 Å². The molecule has 0 atom stereocenters. The van der Waals surface area contributed by atoms with Crippen LogP contribution in [0.5, 0.6) is 23.0 Å². The van der Waals surface area contributed by atoms with Gasteiger partial charge in [0, 0.05) is 43.6 Å². The molecule has 5 heteroatoms. The third-order valence-electron chi connectivity index (χ3n) is 12.8. The molecule has 11 rings (SSSR count). The highest BCUT2D eigenvalue weighted by atomic mass is 16.5. The molecule has 0 saturated carbocycles. The molecule has 0 bridgehead atoms. The Morgan fingerprint density at radius 1 is 0.571 bits per heavy atom. The highest BCUT2D eigenvalue weighted by molar-refractivity contribution is 6.98. The van der Waals surface area contributed by atoms with Crippen molar-refractivity contribution < 1.29 is 9.47 Å². The SMILES string of the molecule is CC(C)(C)c1ccc2c(c1)B1c3ccc4c(c3Oc3cc(-c5cccc6c5c5ccccc5n6C(C)(C)C)cc(c31)O2)c1ccc2c(c1n4C(C)(C)C)CCC2. The lowest BCUT2D eigenvalue weighted by Crippen LogP contribution is -2.57. The Kier molecular flexibility index (Phi) is 6.73. The van der Waals surface area contributed by atoms with Crippen molar-refractivity contribution in [2.45, 2.75) is 98.1 Å². The van der Waals surface area contributed by atoms with Crippen molar-refractivity contribution >= 4 is 66.7 Å². The van der Waals surface area contributed by atoms with Crippen LogP contribution >= 0.6 is 0 Å². The predicted octanol–water partition coefficient (Wildman–Crippen LogP) is 11.6. The minimum atomic E-state index is -0.114. The van der Waals surface area contributed by atoms with Crippen LogP contribution in [-0.2, 0) is 29.3 Å². The summed E-state index contributed by atoms with van der Waals surface area (Å²) < 4.78 is 19.5. The molecule has 0 fully saturated rings. The molecule has 8 aromatic rings. The number of rotatable bonds is 1. The van der Waals surface area contributed by atoms with Crippen LogP contribution in [0.3, 0.4) is 0 Å². The van der Waals surface area contributed by atoms with Crippen LogP contribution in [0.15, 0.2) is 97.1 Å². The van der Waals surface area contributed by atoms with E-state index in [4.69, 9.17) is 9.47 Å². The van der Waals surface area contributed by atoms with E-state index in [1.807, 2.05) is 0 Å². The minimum absolute atomic E-state index is 0.00856. The first kappa shape index (κ1) is 33.9. The monoisotopic (exact) mass is 732 g/mol. The Bertz CT molecular complexity index is 3010. The number of hydrogen-bond donors (Lipinski definition) is 0. The summed E-state index contributed by atoms with van der Waals surface area (Å²) in [4.78, 5) is 0. The van der Waals surface area contributed by atoms with E-state index >= 15 is 0 Å². The lowest BCUT2D eigenvalue weighted by molar-refractivity contribution is 0.422. The Hall–Kier alpha value is -5.42. The van der Waals surface area contributed by atoms with Gasteiger partial charge in [0.2, 0.25) is 0 Å². The van der Waals surface area contributed by atoms with Crippen molar-refractivity contribution in [3.63, 3.8) is 0 Å². The zero-order valence-electron chi connectivity index (χ0n) is 34.1. The molecule has 4 heterocycles. The van der Waals surface area contributed by atoms with E-state index in [1.165, 1.54) is 83.2 Å². The molecule has 3 aliphatic rings. The summed E-state index contributed by atoms with van der Waals surface area (Å²) in [6, 6.07) is 36.5. The number of aryl methyl sites for hydroxylation is 2. The number of hydrogen-bond acceptors (Lipinski definition) is 2. The van der Waals surface area contributed by atoms with Crippen molar-refractivity contribution in [1.82, 2.24) is 9.13 Å². The molecule has 0 saturated heterocycles. The quantitative estimate of drug-likeness (QED) is 0.157. The minimum Gasteiger partial charge on any atom is -0.458 e. The van der Waals surface area contributed by atoms with Gasteiger partial charge in [-0.25, -0.2) is 0 Å². The summed E-state index contributed by atoms with van der Waals surface area (Å²) in [6.45, 7) is 20.8. The molecule has 4 nitrogen and oxygen atoms in total. The van der Waals surface area contributed by atoms with E-state index < -0.39 is 0 Å². The van der Waals surface area contributed by atoms with Crippen LogP contribution in [0.1, 0.15) is 85.4 Å². The lowest BCUT2D eigenvalue weighted by Gasteiger charge is -2.35. The Labute approximate surface area is 330 Å². The van der Waals surface area contributed by atoms with Gasteiger partial charge >= 0.3 is 0 Å². The molecule has 0 N–H and O–H groups in total. The number of fused-ring (bicyclic) bond motifs is 13. The van der Waals surface area contributed by atoms with Crippen LogP contribution in [0, 0.1) is 0 Å². The van der Waals surface area contributed by atoms with Gasteiger partial charge in [0.1, 0.15) is 23.0 Å². The first-order valence-corrected chi connectivity index (χ1v) is 20.5. The van der Waals surface area contributed by atoms with Gasteiger partial charge in [-0.3, -0.25) is 0 Å². The van der Waals surface area contributed by atoms with Crippen molar-refractivity contribution in [3.05, 3.63) is 114 Å². The van der Waals surface area contributed by atoms with Crippen LogP contribution in [0.2, 0.25) is 0 Å².